The van der Waals surface area contributed by atoms with Gasteiger partial charge in [0.15, 0.2) is 0 Å². The van der Waals surface area contributed by atoms with E-state index in [4.69, 9.17) is 0 Å². The van der Waals surface area contributed by atoms with Gasteiger partial charge in [-0.2, -0.15) is 0 Å². The summed E-state index contributed by atoms with van der Waals surface area (Å²) in [5.41, 5.74) is 9.39. The zero-order valence-electron chi connectivity index (χ0n) is 21.4. The second-order valence-electron chi connectivity index (χ2n) is 10.4. The first-order chi connectivity index (χ1) is 15.2. The van der Waals surface area contributed by atoms with Crippen molar-refractivity contribution in [3.05, 3.63) is 106 Å². The molecule has 2 heteroatoms. The van der Waals surface area contributed by atoms with Gasteiger partial charge in [-0.3, -0.25) is 0 Å². The molecule has 0 fully saturated rings. The number of phenolic OH excluding ortho intramolecular Hbond substituents is 2. The number of benzene rings is 2. The van der Waals surface area contributed by atoms with Crippen molar-refractivity contribution >= 4 is 0 Å². The van der Waals surface area contributed by atoms with E-state index < -0.39 is 0 Å². The maximum Gasteiger partial charge on any atom is 0.122 e. The zero-order valence-corrected chi connectivity index (χ0v) is 21.4. The van der Waals surface area contributed by atoms with Crippen molar-refractivity contribution in [1.82, 2.24) is 0 Å². The first-order valence-corrected chi connectivity index (χ1v) is 11.5. The summed E-state index contributed by atoms with van der Waals surface area (Å²) >= 11 is 0. The predicted octanol–water partition coefficient (Wildman–Crippen LogP) is 7.90. The van der Waals surface area contributed by atoms with Gasteiger partial charge in [0, 0.05) is 5.41 Å². The molecule has 176 valence electrons. The van der Waals surface area contributed by atoms with E-state index in [0.29, 0.717) is 37.2 Å². The van der Waals surface area contributed by atoms with Crippen molar-refractivity contribution < 1.29 is 10.2 Å². The van der Waals surface area contributed by atoms with Crippen LogP contribution in [0.15, 0.2) is 72.9 Å². The monoisotopic (exact) mass is 444 g/mol. The molecular formula is C31H40O2. The number of allylic oxidation sites excluding steroid dienone is 4. The molecule has 2 N–H and O–H groups in total. The number of rotatable bonds is 10. The van der Waals surface area contributed by atoms with Crippen molar-refractivity contribution in [1.29, 1.82) is 0 Å². The molecule has 0 aliphatic rings. The Hall–Kier alpha value is -3.00. The minimum absolute atomic E-state index is 0.331. The molecule has 0 spiro atoms. The Morgan fingerprint density at radius 2 is 0.788 bits per heavy atom. The maximum absolute atomic E-state index is 10.9. The van der Waals surface area contributed by atoms with Crippen LogP contribution in [0.4, 0.5) is 0 Å². The molecule has 0 saturated heterocycles. The largest absolute Gasteiger partial charge is 0.507 e. The average molecular weight is 445 g/mol. The molecule has 0 aromatic heterocycles. The van der Waals surface area contributed by atoms with Crippen LogP contribution in [0.2, 0.25) is 0 Å². The lowest BCUT2D eigenvalue weighted by molar-refractivity contribution is 0.461. The molecule has 33 heavy (non-hydrogen) atoms. The van der Waals surface area contributed by atoms with Crippen molar-refractivity contribution in [2.24, 2.45) is 0 Å². The summed E-state index contributed by atoms with van der Waals surface area (Å²) in [4.78, 5) is 0. The highest BCUT2D eigenvalue weighted by molar-refractivity contribution is 5.54. The summed E-state index contributed by atoms with van der Waals surface area (Å²) in [6.07, 6.45) is 2.49. The van der Waals surface area contributed by atoms with Crippen LogP contribution in [0.3, 0.4) is 0 Å². The Bertz CT molecular complexity index is 950. The summed E-state index contributed by atoms with van der Waals surface area (Å²) in [7, 11) is 0. The number of aromatic hydroxyl groups is 2. The molecule has 2 aromatic rings. The molecule has 0 saturated carbocycles. The maximum atomic E-state index is 10.9. The lowest BCUT2D eigenvalue weighted by Gasteiger charge is -2.30. The fourth-order valence-corrected chi connectivity index (χ4v) is 4.25. The second kappa shape index (κ2) is 10.3. The van der Waals surface area contributed by atoms with Crippen LogP contribution < -0.4 is 0 Å². The summed E-state index contributed by atoms with van der Waals surface area (Å²) in [6, 6.07) is 8.37. The molecule has 0 aliphatic carbocycles. The van der Waals surface area contributed by atoms with Gasteiger partial charge in [-0.25, -0.2) is 0 Å². The van der Waals surface area contributed by atoms with E-state index in [1.807, 2.05) is 27.7 Å². The number of hydrogen-bond donors (Lipinski definition) is 2. The fourth-order valence-electron chi connectivity index (χ4n) is 4.25. The first kappa shape index (κ1) is 26.3. The minimum atomic E-state index is -0.358. The van der Waals surface area contributed by atoms with E-state index in [-0.39, 0.29) is 5.41 Å². The van der Waals surface area contributed by atoms with Gasteiger partial charge >= 0.3 is 0 Å². The standard InChI is InChI=1S/C31H40O2/c1-19(2)11-23-15-27(16-24(29(23)32)12-20(3)4)31(9,10)28-17-25(13-21(5)6)30(33)26(18-28)14-22(7)8/h15-18,32-33H,1,3,5,7,11-14H2,2,4,6,8-10H3. The van der Waals surface area contributed by atoms with E-state index in [0.717, 1.165) is 55.7 Å². The van der Waals surface area contributed by atoms with Crippen LogP contribution >= 0.6 is 0 Å². The van der Waals surface area contributed by atoms with E-state index in [1.165, 1.54) is 0 Å². The van der Waals surface area contributed by atoms with Crippen LogP contribution in [0.1, 0.15) is 74.9 Å². The topological polar surface area (TPSA) is 40.5 Å². The van der Waals surface area contributed by atoms with Gasteiger partial charge in [0.1, 0.15) is 11.5 Å². The van der Waals surface area contributed by atoms with Gasteiger partial charge < -0.3 is 10.2 Å². The highest BCUT2D eigenvalue weighted by Crippen LogP contribution is 2.40. The third-order valence-corrected chi connectivity index (χ3v) is 5.95. The molecule has 0 heterocycles. The Labute approximate surface area is 200 Å². The van der Waals surface area contributed by atoms with Crippen molar-refractivity contribution in [3.63, 3.8) is 0 Å². The number of phenols is 2. The molecule has 0 radical (unpaired) electrons. The van der Waals surface area contributed by atoms with Crippen molar-refractivity contribution in [2.45, 2.75) is 72.6 Å². The van der Waals surface area contributed by atoms with Crippen molar-refractivity contribution in [2.75, 3.05) is 0 Å². The van der Waals surface area contributed by atoms with Gasteiger partial charge in [-0.15, -0.1) is 0 Å². The molecule has 0 aliphatic heterocycles. The second-order valence-corrected chi connectivity index (χ2v) is 10.4. The third-order valence-electron chi connectivity index (χ3n) is 5.95. The summed E-state index contributed by atoms with van der Waals surface area (Å²) in [5, 5.41) is 21.9. The van der Waals surface area contributed by atoms with Crippen LogP contribution in [0.25, 0.3) is 0 Å². The summed E-state index contributed by atoms with van der Waals surface area (Å²) in [5.74, 6) is 0.661. The summed E-state index contributed by atoms with van der Waals surface area (Å²) < 4.78 is 0. The van der Waals surface area contributed by atoms with Crippen LogP contribution in [0, 0.1) is 0 Å². The summed E-state index contributed by atoms with van der Waals surface area (Å²) in [6.45, 7) is 28.5. The third kappa shape index (κ3) is 6.51. The van der Waals surface area contributed by atoms with E-state index in [1.54, 1.807) is 0 Å². The van der Waals surface area contributed by atoms with E-state index >= 15 is 0 Å². The van der Waals surface area contributed by atoms with Gasteiger partial charge in [-0.05, 0) is 86.8 Å². The van der Waals surface area contributed by atoms with Crippen LogP contribution in [0.5, 0.6) is 11.5 Å². The molecule has 2 aromatic carbocycles. The highest BCUT2D eigenvalue weighted by Gasteiger charge is 2.27. The molecule has 0 bridgehead atoms. The average Bonchev–Trinajstić information content (AvgIpc) is 2.66. The Morgan fingerprint density at radius 1 is 0.576 bits per heavy atom. The normalized spacial score (nSPS) is 11.3. The molecule has 0 unspecified atom stereocenters. The van der Waals surface area contributed by atoms with E-state index in [2.05, 4.69) is 64.4 Å². The molecule has 2 nitrogen and oxygen atoms in total. The SMILES string of the molecule is C=C(C)Cc1cc(C(C)(C)c2cc(CC(=C)C)c(O)c(CC(=C)C)c2)cc(CC(=C)C)c1O. The van der Waals surface area contributed by atoms with Crippen molar-refractivity contribution in [3.8, 4) is 11.5 Å². The first-order valence-electron chi connectivity index (χ1n) is 11.5. The molecule has 0 atom stereocenters. The number of hydrogen-bond acceptors (Lipinski definition) is 2. The zero-order chi connectivity index (χ0) is 25.1. The fraction of sp³-hybridized carbons (Fsp3) is 0.355. The Morgan fingerprint density at radius 3 is 0.970 bits per heavy atom. The van der Waals surface area contributed by atoms with Crippen LogP contribution in [-0.4, -0.2) is 10.2 Å². The van der Waals surface area contributed by atoms with Gasteiger partial charge in [0.25, 0.3) is 0 Å². The predicted molar refractivity (Wildman–Crippen MR) is 142 cm³/mol. The van der Waals surface area contributed by atoms with Gasteiger partial charge in [-0.1, -0.05) is 86.7 Å². The highest BCUT2D eigenvalue weighted by atomic mass is 16.3. The molecular weight excluding hydrogens is 404 g/mol. The molecule has 2 rings (SSSR count). The van der Waals surface area contributed by atoms with Gasteiger partial charge in [0.2, 0.25) is 0 Å². The van der Waals surface area contributed by atoms with Crippen LogP contribution in [-0.2, 0) is 31.1 Å². The molecule has 0 amide bonds. The Balaban J connectivity index is 2.75. The smallest absolute Gasteiger partial charge is 0.122 e. The lowest BCUT2D eigenvalue weighted by atomic mass is 9.74. The quantitative estimate of drug-likeness (QED) is 0.366. The lowest BCUT2D eigenvalue weighted by Crippen LogP contribution is -2.21. The Kier molecular flexibility index (Phi) is 8.19. The van der Waals surface area contributed by atoms with Gasteiger partial charge in [0.05, 0.1) is 0 Å². The van der Waals surface area contributed by atoms with E-state index in [9.17, 15) is 10.2 Å². The minimum Gasteiger partial charge on any atom is -0.507 e.